The van der Waals surface area contributed by atoms with Crippen molar-refractivity contribution in [3.05, 3.63) is 64.7 Å². The number of methoxy groups -OCH3 is 1. The molecule has 0 amide bonds. The Morgan fingerprint density at radius 1 is 1.21 bits per heavy atom. The van der Waals surface area contributed by atoms with Crippen LogP contribution in [0.5, 0.6) is 5.75 Å². The highest BCUT2D eigenvalue weighted by Crippen LogP contribution is 2.28. The molecule has 24 heavy (non-hydrogen) atoms. The number of fused-ring (bicyclic) bond motifs is 1. The first kappa shape index (κ1) is 15.0. The smallest absolute Gasteiger partial charge is 0.351 e. The normalized spacial score (nSPS) is 18.3. The van der Waals surface area contributed by atoms with Crippen molar-refractivity contribution in [2.75, 3.05) is 20.2 Å². The fourth-order valence-corrected chi connectivity index (χ4v) is 3.36. The van der Waals surface area contributed by atoms with Crippen LogP contribution in [0.2, 0.25) is 0 Å². The maximum atomic E-state index is 12.4. The second-order valence-corrected chi connectivity index (χ2v) is 6.19. The summed E-state index contributed by atoms with van der Waals surface area (Å²) >= 11 is 0. The molecule has 0 spiro atoms. The molecule has 1 saturated heterocycles. The Hall–Kier alpha value is -2.60. The van der Waals surface area contributed by atoms with E-state index in [1.165, 1.54) is 5.56 Å². The molecule has 6 heteroatoms. The van der Waals surface area contributed by atoms with E-state index in [1.54, 1.807) is 22.4 Å². The predicted molar refractivity (Wildman–Crippen MR) is 91.4 cm³/mol. The average Bonchev–Trinajstić information content (AvgIpc) is 3.21. The highest BCUT2D eigenvalue weighted by atomic mass is 16.5. The molecule has 1 atom stereocenters. The lowest BCUT2D eigenvalue weighted by atomic mass is 9.98. The topological polar surface area (TPSA) is 51.8 Å². The Balaban J connectivity index is 1.48. The molecule has 1 aliphatic heterocycles. The van der Waals surface area contributed by atoms with Crippen LogP contribution in [0.15, 0.2) is 53.5 Å². The zero-order valence-corrected chi connectivity index (χ0v) is 13.6. The van der Waals surface area contributed by atoms with Gasteiger partial charge in [-0.15, -0.1) is 5.10 Å². The molecule has 1 aliphatic rings. The number of pyridine rings is 1. The molecule has 0 bridgehead atoms. The number of rotatable bonds is 4. The highest BCUT2D eigenvalue weighted by molar-refractivity contribution is 5.35. The SMILES string of the molecule is COc1ccc([C@@H]2CCN(Cn3nc4ccccn4c3=O)C2)cc1. The van der Waals surface area contributed by atoms with Crippen LogP contribution in [-0.4, -0.2) is 39.3 Å². The van der Waals surface area contributed by atoms with Gasteiger partial charge in [0.15, 0.2) is 5.65 Å². The lowest BCUT2D eigenvalue weighted by Crippen LogP contribution is -2.31. The summed E-state index contributed by atoms with van der Waals surface area (Å²) in [4.78, 5) is 14.6. The maximum absolute atomic E-state index is 12.4. The van der Waals surface area contributed by atoms with Crippen LogP contribution in [-0.2, 0) is 6.67 Å². The van der Waals surface area contributed by atoms with Gasteiger partial charge in [-0.25, -0.2) is 4.79 Å². The molecule has 3 heterocycles. The van der Waals surface area contributed by atoms with Crippen LogP contribution < -0.4 is 10.4 Å². The number of aromatic nitrogens is 3. The summed E-state index contributed by atoms with van der Waals surface area (Å²) in [6.45, 7) is 2.44. The van der Waals surface area contributed by atoms with Gasteiger partial charge in [-0.1, -0.05) is 18.2 Å². The number of benzene rings is 1. The molecule has 0 saturated carbocycles. The van der Waals surface area contributed by atoms with Crippen LogP contribution in [0.3, 0.4) is 0 Å². The van der Waals surface area contributed by atoms with E-state index < -0.39 is 0 Å². The molecule has 6 nitrogen and oxygen atoms in total. The molecular weight excluding hydrogens is 304 g/mol. The number of hydrogen-bond acceptors (Lipinski definition) is 4. The largest absolute Gasteiger partial charge is 0.497 e. The van der Waals surface area contributed by atoms with Crippen molar-refractivity contribution in [1.82, 2.24) is 19.1 Å². The van der Waals surface area contributed by atoms with Crippen molar-refractivity contribution < 1.29 is 4.74 Å². The number of ether oxygens (including phenoxy) is 1. The molecular formula is C18H20N4O2. The van der Waals surface area contributed by atoms with Crippen molar-refractivity contribution >= 4 is 5.65 Å². The third-order valence-corrected chi connectivity index (χ3v) is 4.68. The summed E-state index contributed by atoms with van der Waals surface area (Å²) in [7, 11) is 1.68. The van der Waals surface area contributed by atoms with Gasteiger partial charge in [0.25, 0.3) is 0 Å². The van der Waals surface area contributed by atoms with Gasteiger partial charge in [0.1, 0.15) is 5.75 Å². The molecule has 1 fully saturated rings. The van der Waals surface area contributed by atoms with Gasteiger partial charge in [0.2, 0.25) is 0 Å². The van der Waals surface area contributed by atoms with Crippen LogP contribution in [0, 0.1) is 0 Å². The summed E-state index contributed by atoms with van der Waals surface area (Å²) in [6.07, 6.45) is 2.85. The molecule has 124 valence electrons. The van der Waals surface area contributed by atoms with Crippen molar-refractivity contribution in [3.8, 4) is 5.75 Å². The van der Waals surface area contributed by atoms with Crippen LogP contribution in [0.25, 0.3) is 5.65 Å². The van der Waals surface area contributed by atoms with Gasteiger partial charge in [0, 0.05) is 19.3 Å². The summed E-state index contributed by atoms with van der Waals surface area (Å²) in [5.41, 5.74) is 1.92. The van der Waals surface area contributed by atoms with E-state index in [4.69, 9.17) is 4.74 Å². The second kappa shape index (κ2) is 6.13. The van der Waals surface area contributed by atoms with Gasteiger partial charge in [0.05, 0.1) is 13.8 Å². The zero-order valence-electron chi connectivity index (χ0n) is 13.6. The van der Waals surface area contributed by atoms with Crippen LogP contribution in [0.4, 0.5) is 0 Å². The number of likely N-dealkylation sites (tertiary alicyclic amines) is 1. The third kappa shape index (κ3) is 2.69. The Labute approximate surface area is 139 Å². The van der Waals surface area contributed by atoms with E-state index in [1.807, 2.05) is 30.3 Å². The van der Waals surface area contributed by atoms with E-state index in [-0.39, 0.29) is 5.69 Å². The van der Waals surface area contributed by atoms with Crippen molar-refractivity contribution in [2.45, 2.75) is 19.0 Å². The van der Waals surface area contributed by atoms with E-state index in [9.17, 15) is 4.79 Å². The predicted octanol–water partition coefficient (Wildman–Crippen LogP) is 1.95. The average molecular weight is 324 g/mol. The summed E-state index contributed by atoms with van der Waals surface area (Å²) in [5.74, 6) is 1.37. The highest BCUT2D eigenvalue weighted by Gasteiger charge is 2.24. The molecule has 2 aromatic heterocycles. The van der Waals surface area contributed by atoms with Crippen LogP contribution in [0.1, 0.15) is 17.9 Å². The molecule has 0 N–H and O–H groups in total. The molecule has 0 unspecified atom stereocenters. The molecule has 3 aromatic rings. The maximum Gasteiger partial charge on any atom is 0.351 e. The third-order valence-electron chi connectivity index (χ3n) is 4.68. The Kier molecular flexibility index (Phi) is 3.82. The monoisotopic (exact) mass is 324 g/mol. The lowest BCUT2D eigenvalue weighted by Gasteiger charge is -2.15. The number of nitrogens with zero attached hydrogens (tertiary/aromatic N) is 4. The molecule has 0 radical (unpaired) electrons. The zero-order chi connectivity index (χ0) is 16.5. The van der Waals surface area contributed by atoms with E-state index >= 15 is 0 Å². The quantitative estimate of drug-likeness (QED) is 0.736. The van der Waals surface area contributed by atoms with Crippen molar-refractivity contribution in [2.24, 2.45) is 0 Å². The summed E-state index contributed by atoms with van der Waals surface area (Å²) < 4.78 is 8.34. The van der Waals surface area contributed by atoms with E-state index in [0.29, 0.717) is 18.2 Å². The van der Waals surface area contributed by atoms with Crippen molar-refractivity contribution in [3.63, 3.8) is 0 Å². The van der Waals surface area contributed by atoms with Crippen LogP contribution >= 0.6 is 0 Å². The Morgan fingerprint density at radius 3 is 2.79 bits per heavy atom. The fourth-order valence-electron chi connectivity index (χ4n) is 3.36. The summed E-state index contributed by atoms with van der Waals surface area (Å²) in [6, 6.07) is 13.9. The minimum absolute atomic E-state index is 0.0847. The standard InChI is InChI=1S/C18H20N4O2/c1-24-16-7-5-14(6-8-16)15-9-11-20(12-15)13-22-18(23)21-10-3-2-4-17(21)19-22/h2-8,10,15H,9,11-13H2,1H3/t15-/m1/s1. The van der Waals surface area contributed by atoms with Crippen molar-refractivity contribution in [1.29, 1.82) is 0 Å². The summed E-state index contributed by atoms with van der Waals surface area (Å²) in [5, 5.41) is 4.41. The van der Waals surface area contributed by atoms with Gasteiger partial charge in [-0.3, -0.25) is 9.30 Å². The van der Waals surface area contributed by atoms with Gasteiger partial charge >= 0.3 is 5.69 Å². The minimum atomic E-state index is -0.0847. The first-order chi connectivity index (χ1) is 11.7. The molecule has 1 aromatic carbocycles. The first-order valence-corrected chi connectivity index (χ1v) is 8.15. The Bertz CT molecular complexity index is 897. The molecule has 4 rings (SSSR count). The van der Waals surface area contributed by atoms with Gasteiger partial charge in [-0.05, 0) is 42.2 Å². The van der Waals surface area contributed by atoms with E-state index in [0.717, 1.165) is 25.3 Å². The van der Waals surface area contributed by atoms with Gasteiger partial charge in [-0.2, -0.15) is 4.68 Å². The first-order valence-electron chi connectivity index (χ1n) is 8.15. The van der Waals surface area contributed by atoms with E-state index in [2.05, 4.69) is 22.1 Å². The second-order valence-electron chi connectivity index (χ2n) is 6.19. The minimum Gasteiger partial charge on any atom is -0.497 e. The fraction of sp³-hybridized carbons (Fsp3) is 0.333. The Morgan fingerprint density at radius 2 is 2.04 bits per heavy atom. The molecule has 0 aliphatic carbocycles. The van der Waals surface area contributed by atoms with Gasteiger partial charge < -0.3 is 4.74 Å². The lowest BCUT2D eigenvalue weighted by molar-refractivity contribution is 0.248. The number of hydrogen-bond donors (Lipinski definition) is 0.